The van der Waals surface area contributed by atoms with Crippen LogP contribution in [-0.4, -0.2) is 11.0 Å². The summed E-state index contributed by atoms with van der Waals surface area (Å²) in [5.74, 6) is 1.10. The predicted molar refractivity (Wildman–Crippen MR) is 87.8 cm³/mol. The monoisotopic (exact) mass is 300 g/mol. The molecule has 2 aromatic carbocycles. The molecule has 0 amide bonds. The van der Waals surface area contributed by atoms with Gasteiger partial charge >= 0.3 is 0 Å². The van der Waals surface area contributed by atoms with Gasteiger partial charge in [0.05, 0.1) is 0 Å². The van der Waals surface area contributed by atoms with Gasteiger partial charge in [0.1, 0.15) is 5.60 Å². The van der Waals surface area contributed by atoms with E-state index in [1.54, 1.807) is 0 Å². The maximum absolute atomic E-state index is 11.3. The third-order valence-electron chi connectivity index (χ3n) is 4.65. The lowest BCUT2D eigenvalue weighted by molar-refractivity contribution is 0.0773. The molecule has 0 saturated heterocycles. The minimum atomic E-state index is -0.997. The van der Waals surface area contributed by atoms with Gasteiger partial charge < -0.3 is 5.11 Å². The van der Waals surface area contributed by atoms with Gasteiger partial charge in [0.2, 0.25) is 0 Å². The molecular weight excluding hydrogens is 280 g/mol. The number of rotatable bonds is 5. The first-order valence-electron chi connectivity index (χ1n) is 7.68. The lowest BCUT2D eigenvalue weighted by Gasteiger charge is -2.31. The molecule has 2 heteroatoms. The SMILES string of the molecule is OC(CCCl)(c1ccccc1)c1cccc(C2CCC2)c1. The summed E-state index contributed by atoms with van der Waals surface area (Å²) in [6.07, 6.45) is 4.37. The van der Waals surface area contributed by atoms with Gasteiger partial charge in [-0.2, -0.15) is 0 Å². The Morgan fingerprint density at radius 1 is 1.00 bits per heavy atom. The van der Waals surface area contributed by atoms with Crippen LogP contribution in [0.1, 0.15) is 48.3 Å². The topological polar surface area (TPSA) is 20.2 Å². The summed E-state index contributed by atoms with van der Waals surface area (Å²) < 4.78 is 0. The number of aliphatic hydroxyl groups is 1. The third-order valence-corrected chi connectivity index (χ3v) is 4.84. The fourth-order valence-electron chi connectivity index (χ4n) is 3.10. The van der Waals surface area contributed by atoms with E-state index >= 15 is 0 Å². The maximum Gasteiger partial charge on any atom is 0.116 e. The van der Waals surface area contributed by atoms with Crippen LogP contribution in [0.4, 0.5) is 0 Å². The zero-order valence-electron chi connectivity index (χ0n) is 12.1. The summed E-state index contributed by atoms with van der Waals surface area (Å²) in [5.41, 5.74) is 2.22. The Morgan fingerprint density at radius 3 is 2.33 bits per heavy atom. The Kier molecular flexibility index (Phi) is 4.32. The van der Waals surface area contributed by atoms with Gasteiger partial charge in [-0.15, -0.1) is 11.6 Å². The Labute approximate surface area is 131 Å². The quantitative estimate of drug-likeness (QED) is 0.785. The van der Waals surface area contributed by atoms with Crippen LogP contribution < -0.4 is 0 Å². The summed E-state index contributed by atoms with van der Waals surface area (Å²) in [5, 5.41) is 11.3. The molecule has 110 valence electrons. The summed E-state index contributed by atoms with van der Waals surface area (Å²) in [7, 11) is 0. The largest absolute Gasteiger partial charge is 0.380 e. The number of benzene rings is 2. The van der Waals surface area contributed by atoms with Crippen molar-refractivity contribution in [1.82, 2.24) is 0 Å². The Morgan fingerprint density at radius 2 is 1.71 bits per heavy atom. The molecule has 0 heterocycles. The predicted octanol–water partition coefficient (Wildman–Crippen LogP) is 4.82. The molecule has 3 rings (SSSR count). The van der Waals surface area contributed by atoms with Crippen molar-refractivity contribution in [2.75, 3.05) is 5.88 Å². The van der Waals surface area contributed by atoms with Gasteiger partial charge in [0.25, 0.3) is 0 Å². The first kappa shape index (κ1) is 14.6. The highest BCUT2D eigenvalue weighted by molar-refractivity contribution is 6.17. The zero-order valence-corrected chi connectivity index (χ0v) is 12.9. The van der Waals surface area contributed by atoms with Gasteiger partial charge in [-0.05, 0) is 41.9 Å². The minimum Gasteiger partial charge on any atom is -0.380 e. The molecule has 21 heavy (non-hydrogen) atoms. The molecule has 0 radical (unpaired) electrons. The van der Waals surface area contributed by atoms with Crippen LogP contribution in [0.3, 0.4) is 0 Å². The van der Waals surface area contributed by atoms with Crippen LogP contribution in [0.25, 0.3) is 0 Å². The number of halogens is 1. The Balaban J connectivity index is 2.00. The highest BCUT2D eigenvalue weighted by Crippen LogP contribution is 2.39. The zero-order chi connectivity index (χ0) is 14.7. The van der Waals surface area contributed by atoms with E-state index in [9.17, 15) is 5.11 Å². The Hall–Kier alpha value is -1.31. The van der Waals surface area contributed by atoms with E-state index in [1.165, 1.54) is 24.8 Å². The molecule has 0 bridgehead atoms. The van der Waals surface area contributed by atoms with E-state index in [4.69, 9.17) is 11.6 Å². The lowest BCUT2D eigenvalue weighted by Crippen LogP contribution is -2.28. The van der Waals surface area contributed by atoms with Crippen molar-refractivity contribution in [3.05, 3.63) is 71.3 Å². The molecule has 0 aliphatic heterocycles. The second kappa shape index (κ2) is 6.21. The van der Waals surface area contributed by atoms with Crippen LogP contribution in [-0.2, 0) is 5.60 Å². The van der Waals surface area contributed by atoms with Crippen LogP contribution in [0, 0.1) is 0 Å². The molecule has 0 aromatic heterocycles. The van der Waals surface area contributed by atoms with Gasteiger partial charge in [0, 0.05) is 5.88 Å². The first-order valence-corrected chi connectivity index (χ1v) is 8.22. The molecule has 1 saturated carbocycles. The van der Waals surface area contributed by atoms with E-state index in [1.807, 2.05) is 36.4 Å². The standard InChI is InChI=1S/C19H21ClO/c20-13-12-19(21,17-9-2-1-3-10-17)18-11-5-8-16(14-18)15-6-4-7-15/h1-3,5,8-11,14-15,21H,4,6-7,12-13H2. The maximum atomic E-state index is 11.3. The second-order valence-electron chi connectivity index (χ2n) is 5.92. The van der Waals surface area contributed by atoms with E-state index < -0.39 is 5.60 Å². The van der Waals surface area contributed by atoms with E-state index in [0.717, 1.165) is 11.1 Å². The van der Waals surface area contributed by atoms with Crippen LogP contribution in [0.2, 0.25) is 0 Å². The molecule has 1 aliphatic carbocycles. The number of hydrogen-bond donors (Lipinski definition) is 1. The summed E-state index contributed by atoms with van der Waals surface area (Å²) in [6.45, 7) is 0. The van der Waals surface area contributed by atoms with E-state index in [-0.39, 0.29) is 0 Å². The van der Waals surface area contributed by atoms with Crippen LogP contribution in [0.15, 0.2) is 54.6 Å². The first-order chi connectivity index (χ1) is 10.2. The molecule has 1 aliphatic rings. The summed E-state index contributed by atoms with van der Waals surface area (Å²) in [6, 6.07) is 18.3. The molecule has 0 spiro atoms. The van der Waals surface area contributed by atoms with Crippen molar-refractivity contribution >= 4 is 11.6 Å². The third kappa shape index (κ3) is 2.86. The van der Waals surface area contributed by atoms with Gasteiger partial charge in [-0.1, -0.05) is 61.0 Å². The van der Waals surface area contributed by atoms with Crippen molar-refractivity contribution in [2.24, 2.45) is 0 Å². The highest BCUT2D eigenvalue weighted by Gasteiger charge is 2.31. The average Bonchev–Trinajstić information content (AvgIpc) is 2.47. The second-order valence-corrected chi connectivity index (χ2v) is 6.30. The molecule has 1 fully saturated rings. The molecular formula is C19H21ClO. The summed E-state index contributed by atoms with van der Waals surface area (Å²) in [4.78, 5) is 0. The highest BCUT2D eigenvalue weighted by atomic mass is 35.5. The summed E-state index contributed by atoms with van der Waals surface area (Å²) >= 11 is 5.97. The van der Waals surface area contributed by atoms with Gasteiger partial charge in [0.15, 0.2) is 0 Å². The van der Waals surface area contributed by atoms with E-state index in [2.05, 4.69) is 18.2 Å². The Bertz CT molecular complexity index is 592. The van der Waals surface area contributed by atoms with Gasteiger partial charge in [-0.3, -0.25) is 0 Å². The molecule has 2 aromatic rings. The number of alkyl halides is 1. The van der Waals surface area contributed by atoms with Crippen molar-refractivity contribution in [3.8, 4) is 0 Å². The van der Waals surface area contributed by atoms with Gasteiger partial charge in [-0.25, -0.2) is 0 Å². The van der Waals surface area contributed by atoms with E-state index in [0.29, 0.717) is 18.2 Å². The van der Waals surface area contributed by atoms with Crippen molar-refractivity contribution in [2.45, 2.75) is 37.2 Å². The smallest absolute Gasteiger partial charge is 0.116 e. The lowest BCUT2D eigenvalue weighted by atomic mass is 9.77. The normalized spacial score (nSPS) is 18.0. The molecule has 1 unspecified atom stereocenters. The number of hydrogen-bond acceptors (Lipinski definition) is 1. The van der Waals surface area contributed by atoms with Crippen LogP contribution in [0.5, 0.6) is 0 Å². The van der Waals surface area contributed by atoms with Crippen molar-refractivity contribution in [1.29, 1.82) is 0 Å². The molecule has 1 nitrogen and oxygen atoms in total. The van der Waals surface area contributed by atoms with Crippen molar-refractivity contribution in [3.63, 3.8) is 0 Å². The molecule has 1 N–H and O–H groups in total. The minimum absolute atomic E-state index is 0.430. The van der Waals surface area contributed by atoms with Crippen molar-refractivity contribution < 1.29 is 5.11 Å². The van der Waals surface area contributed by atoms with Crippen LogP contribution >= 0.6 is 11.6 Å². The molecule has 1 atom stereocenters. The fraction of sp³-hybridized carbons (Fsp3) is 0.368. The average molecular weight is 301 g/mol. The fourth-order valence-corrected chi connectivity index (χ4v) is 3.37.